The predicted octanol–water partition coefficient (Wildman–Crippen LogP) is 6.27. The fourth-order valence-electron chi connectivity index (χ4n) is 5.05. The van der Waals surface area contributed by atoms with Gasteiger partial charge in [-0.1, -0.05) is 30.4 Å². The van der Waals surface area contributed by atoms with Crippen LogP contribution in [0.2, 0.25) is 0 Å². The summed E-state index contributed by atoms with van der Waals surface area (Å²) in [6.07, 6.45) is 3.40. The molecule has 0 radical (unpaired) electrons. The van der Waals surface area contributed by atoms with Crippen molar-refractivity contribution in [2.24, 2.45) is 11.8 Å². The van der Waals surface area contributed by atoms with Crippen molar-refractivity contribution in [3.05, 3.63) is 77.2 Å². The number of aliphatic carboxylic acids is 1. The van der Waals surface area contributed by atoms with E-state index in [2.05, 4.69) is 6.58 Å². The van der Waals surface area contributed by atoms with Crippen LogP contribution in [0.3, 0.4) is 0 Å². The van der Waals surface area contributed by atoms with Crippen LogP contribution in [0.1, 0.15) is 44.1 Å². The van der Waals surface area contributed by atoms with Gasteiger partial charge in [0, 0.05) is 31.2 Å². The molecule has 0 saturated heterocycles. The number of rotatable bonds is 6. The zero-order valence-corrected chi connectivity index (χ0v) is 22.2. The fourth-order valence-corrected chi connectivity index (χ4v) is 7.07. The summed E-state index contributed by atoms with van der Waals surface area (Å²) < 4.78 is 74.8. The fraction of sp³-hybridized carbons (Fsp3) is 0.444. The molecule has 1 N–H and O–H groups in total. The summed E-state index contributed by atoms with van der Waals surface area (Å²) in [5.41, 5.74) is 1.07. The number of ether oxygens (including phenoxy) is 1. The summed E-state index contributed by atoms with van der Waals surface area (Å²) in [5.74, 6) is -1.24. The highest BCUT2D eigenvalue weighted by Gasteiger charge is 2.37. The third kappa shape index (κ3) is 6.12. The normalized spacial score (nSPS) is 24.7. The second-order valence-electron chi connectivity index (χ2n) is 9.78. The molecule has 1 unspecified atom stereocenters. The quantitative estimate of drug-likeness (QED) is 0.321. The van der Waals surface area contributed by atoms with Gasteiger partial charge in [0.1, 0.15) is 5.76 Å². The molecule has 206 valence electrons. The van der Waals surface area contributed by atoms with E-state index in [1.54, 1.807) is 6.08 Å². The average molecular weight is 572 g/mol. The Morgan fingerprint density at radius 2 is 2.03 bits per heavy atom. The van der Waals surface area contributed by atoms with Crippen LogP contribution in [0.15, 0.2) is 76.6 Å². The van der Waals surface area contributed by atoms with E-state index in [4.69, 9.17) is 21.4 Å². The lowest BCUT2D eigenvalue weighted by Crippen LogP contribution is -2.35. The van der Waals surface area contributed by atoms with E-state index >= 15 is 0 Å². The van der Waals surface area contributed by atoms with Crippen LogP contribution in [-0.2, 0) is 25.7 Å². The number of hydrogen-bond donors (Lipinski definition) is 1. The highest BCUT2D eigenvalue weighted by molar-refractivity contribution is 7.89. The molecule has 3 aliphatic rings. The van der Waals surface area contributed by atoms with E-state index in [0.717, 1.165) is 52.9 Å². The SMILES string of the molecule is C=C1CCCC(C2=CCC3=C(C=C2)OC[C@@H](CCC(=O)O)CN3S(=O)(=O)c2cccc(C(F)(F)F)c2)[C@H]1Cl. The molecule has 1 fully saturated rings. The molecule has 1 aromatic rings. The van der Waals surface area contributed by atoms with Crippen LogP contribution in [0, 0.1) is 11.8 Å². The first-order valence-corrected chi connectivity index (χ1v) is 14.2. The Hall–Kier alpha value is -2.72. The molecular formula is C27H29ClF3NO5S. The summed E-state index contributed by atoms with van der Waals surface area (Å²) in [6.45, 7) is 4.00. The minimum Gasteiger partial charge on any atom is -0.491 e. The lowest BCUT2D eigenvalue weighted by Gasteiger charge is -2.30. The van der Waals surface area contributed by atoms with Crippen LogP contribution in [0.25, 0.3) is 0 Å². The third-order valence-electron chi connectivity index (χ3n) is 7.14. The van der Waals surface area contributed by atoms with Gasteiger partial charge in [-0.2, -0.15) is 13.2 Å². The highest BCUT2D eigenvalue weighted by Crippen LogP contribution is 2.40. The van der Waals surface area contributed by atoms with Crippen molar-refractivity contribution in [2.45, 2.75) is 55.0 Å². The minimum atomic E-state index is -4.72. The molecule has 4 rings (SSSR count). The molecule has 0 amide bonds. The summed E-state index contributed by atoms with van der Waals surface area (Å²) in [6, 6.07) is 3.62. The third-order valence-corrected chi connectivity index (χ3v) is 9.55. The van der Waals surface area contributed by atoms with Gasteiger partial charge >= 0.3 is 12.1 Å². The maximum atomic E-state index is 13.8. The predicted molar refractivity (Wildman–Crippen MR) is 137 cm³/mol. The molecule has 0 bridgehead atoms. The van der Waals surface area contributed by atoms with E-state index in [-0.39, 0.29) is 55.2 Å². The van der Waals surface area contributed by atoms with Gasteiger partial charge in [-0.05, 0) is 55.5 Å². The maximum Gasteiger partial charge on any atom is 0.416 e. The molecule has 2 aliphatic carbocycles. The van der Waals surface area contributed by atoms with Crippen molar-refractivity contribution in [2.75, 3.05) is 13.2 Å². The number of allylic oxidation sites excluding steroid dienone is 5. The maximum absolute atomic E-state index is 13.8. The van der Waals surface area contributed by atoms with Crippen molar-refractivity contribution in [3.63, 3.8) is 0 Å². The number of halogens is 4. The van der Waals surface area contributed by atoms with Crippen molar-refractivity contribution < 1.29 is 36.2 Å². The summed E-state index contributed by atoms with van der Waals surface area (Å²) in [5, 5.41) is 8.88. The Labute approximate surface area is 225 Å². The van der Waals surface area contributed by atoms with Crippen LogP contribution >= 0.6 is 11.6 Å². The Kier molecular flexibility index (Phi) is 8.32. The lowest BCUT2D eigenvalue weighted by atomic mass is 9.80. The van der Waals surface area contributed by atoms with Crippen LogP contribution in [0.5, 0.6) is 0 Å². The Morgan fingerprint density at radius 1 is 1.26 bits per heavy atom. The van der Waals surface area contributed by atoms with Gasteiger partial charge in [-0.15, -0.1) is 11.6 Å². The van der Waals surface area contributed by atoms with Gasteiger partial charge in [0.2, 0.25) is 0 Å². The standard InChI is InChI=1S/C27H29ClF3NO5S/c1-17-4-2-7-22(26(17)28)19-9-11-23-24(12-10-19)37-16-18(8-13-25(33)34)15-32(23)38(35,36)21-6-3-5-20(14-21)27(29,30)31/h3,5-6,9-10,12,14,18,22,26H,1-2,4,7-8,11,13,15-16H2,(H,33,34)/t18-,22?,26-/m0/s1. The van der Waals surface area contributed by atoms with E-state index < -0.39 is 38.5 Å². The molecule has 3 atom stereocenters. The van der Waals surface area contributed by atoms with E-state index in [9.17, 15) is 26.4 Å². The zero-order chi connectivity index (χ0) is 27.7. The van der Waals surface area contributed by atoms with Crippen LogP contribution in [0.4, 0.5) is 13.2 Å². The molecule has 1 heterocycles. The van der Waals surface area contributed by atoms with Crippen LogP contribution in [-0.4, -0.2) is 42.3 Å². The lowest BCUT2D eigenvalue weighted by molar-refractivity contribution is -0.138. The molecule has 1 aromatic carbocycles. The van der Waals surface area contributed by atoms with Crippen molar-refractivity contribution in [3.8, 4) is 0 Å². The number of alkyl halides is 4. The molecule has 6 nitrogen and oxygen atoms in total. The van der Waals surface area contributed by atoms with Gasteiger partial charge < -0.3 is 9.84 Å². The first-order valence-electron chi connectivity index (χ1n) is 12.4. The molecule has 11 heteroatoms. The monoisotopic (exact) mass is 571 g/mol. The molecular weight excluding hydrogens is 543 g/mol. The number of carbonyl (C=O) groups is 1. The average Bonchev–Trinajstić information content (AvgIpc) is 3.17. The van der Waals surface area contributed by atoms with Crippen molar-refractivity contribution in [1.29, 1.82) is 0 Å². The van der Waals surface area contributed by atoms with E-state index in [1.807, 2.05) is 12.2 Å². The highest BCUT2D eigenvalue weighted by atomic mass is 35.5. The Balaban J connectivity index is 1.72. The molecule has 0 aromatic heterocycles. The van der Waals surface area contributed by atoms with E-state index in [1.165, 1.54) is 0 Å². The second kappa shape index (κ2) is 11.2. The van der Waals surface area contributed by atoms with Gasteiger partial charge in [-0.25, -0.2) is 8.42 Å². The minimum absolute atomic E-state index is 0.00505. The molecule has 0 spiro atoms. The summed E-state index contributed by atoms with van der Waals surface area (Å²) >= 11 is 6.65. The Bertz CT molecular complexity index is 1300. The van der Waals surface area contributed by atoms with Gasteiger partial charge in [0.05, 0.1) is 28.1 Å². The first-order chi connectivity index (χ1) is 17.9. The topological polar surface area (TPSA) is 83.9 Å². The largest absolute Gasteiger partial charge is 0.491 e. The number of benzene rings is 1. The molecule has 1 saturated carbocycles. The first kappa shape index (κ1) is 28.3. The zero-order valence-electron chi connectivity index (χ0n) is 20.6. The number of sulfonamides is 1. The van der Waals surface area contributed by atoms with Crippen LogP contribution < -0.4 is 0 Å². The molecule has 38 heavy (non-hydrogen) atoms. The summed E-state index contributed by atoms with van der Waals surface area (Å²) in [4.78, 5) is 10.7. The number of nitrogens with zero attached hydrogens (tertiary/aromatic N) is 1. The van der Waals surface area contributed by atoms with E-state index in [0.29, 0.717) is 6.07 Å². The van der Waals surface area contributed by atoms with Gasteiger partial charge in [-0.3, -0.25) is 9.10 Å². The Morgan fingerprint density at radius 3 is 2.74 bits per heavy atom. The van der Waals surface area contributed by atoms with Gasteiger partial charge in [0.15, 0.2) is 0 Å². The van der Waals surface area contributed by atoms with Crippen molar-refractivity contribution >= 4 is 27.6 Å². The second-order valence-corrected chi connectivity index (χ2v) is 12.1. The smallest absolute Gasteiger partial charge is 0.416 e. The number of carboxylic acids is 1. The molecule has 1 aliphatic heterocycles. The van der Waals surface area contributed by atoms with Crippen molar-refractivity contribution in [1.82, 2.24) is 4.31 Å². The number of hydrogen-bond acceptors (Lipinski definition) is 4. The summed E-state index contributed by atoms with van der Waals surface area (Å²) in [7, 11) is -4.44. The van der Waals surface area contributed by atoms with Gasteiger partial charge in [0.25, 0.3) is 10.0 Å². The number of carboxylic acid groups (broad SMARTS) is 1.